The van der Waals surface area contributed by atoms with Gasteiger partial charge in [0.25, 0.3) is 5.91 Å². The Morgan fingerprint density at radius 2 is 2.00 bits per heavy atom. The number of ether oxygens (including phenoxy) is 1. The number of halogens is 1. The first-order valence-electron chi connectivity index (χ1n) is 7.36. The first-order valence-corrected chi connectivity index (χ1v) is 8.51. The first kappa shape index (κ1) is 16.1. The van der Waals surface area contributed by atoms with Crippen LogP contribution in [-0.2, 0) is 0 Å². The minimum atomic E-state index is -0.0945. The Hall–Kier alpha value is -1.80. The molecule has 0 atom stereocenters. The average Bonchev–Trinajstić information content (AvgIpc) is 2.98. The maximum Gasteiger partial charge on any atom is 0.316 e. The van der Waals surface area contributed by atoms with Crippen LogP contribution < -0.4 is 10.1 Å². The quantitative estimate of drug-likeness (QED) is 0.907. The van der Waals surface area contributed by atoms with Gasteiger partial charge in [0.05, 0.1) is 23.1 Å². The zero-order valence-electron chi connectivity index (χ0n) is 12.5. The van der Waals surface area contributed by atoms with Crippen LogP contribution in [0.2, 0.25) is 5.02 Å². The van der Waals surface area contributed by atoms with Crippen molar-refractivity contribution in [1.29, 1.82) is 0 Å². The normalized spacial score (nSPS) is 21.0. The molecule has 2 heterocycles. The van der Waals surface area contributed by atoms with Crippen LogP contribution in [0.1, 0.15) is 41.0 Å². The number of hydrogen-bond donors (Lipinski definition) is 1. The summed E-state index contributed by atoms with van der Waals surface area (Å²) in [6, 6.07) is 0.489. The summed E-state index contributed by atoms with van der Waals surface area (Å²) in [5.74, 6) is -0.0945. The number of aryl methyl sites for hydroxylation is 1. The average molecular weight is 354 g/mol. The molecule has 1 N–H and O–H groups in total. The molecule has 3 rings (SSSR count). The van der Waals surface area contributed by atoms with Gasteiger partial charge in [-0.05, 0) is 44.1 Å². The molecule has 0 aromatic carbocycles. The molecule has 1 aliphatic rings. The fourth-order valence-electron chi connectivity index (χ4n) is 2.53. The van der Waals surface area contributed by atoms with Crippen molar-refractivity contribution in [2.24, 2.45) is 0 Å². The van der Waals surface area contributed by atoms with Crippen molar-refractivity contribution in [2.75, 3.05) is 0 Å². The van der Waals surface area contributed by atoms with E-state index in [2.05, 4.69) is 24.9 Å². The number of rotatable bonds is 4. The Balaban J connectivity index is 1.48. The number of nitrogens with one attached hydrogen (secondary N) is 1. The molecule has 0 radical (unpaired) electrons. The molecule has 2 aromatic rings. The van der Waals surface area contributed by atoms with Gasteiger partial charge in [0.2, 0.25) is 0 Å². The SMILES string of the molecule is Cc1nnsc1C(=O)NC1CCC(Oc2ncc(Cl)cn2)CC1. The summed E-state index contributed by atoms with van der Waals surface area (Å²) in [6.45, 7) is 1.79. The van der Waals surface area contributed by atoms with E-state index in [9.17, 15) is 4.79 Å². The second-order valence-electron chi connectivity index (χ2n) is 5.44. The van der Waals surface area contributed by atoms with Gasteiger partial charge < -0.3 is 10.1 Å². The van der Waals surface area contributed by atoms with Crippen molar-refractivity contribution in [3.05, 3.63) is 28.0 Å². The van der Waals surface area contributed by atoms with Gasteiger partial charge in [0.1, 0.15) is 11.0 Å². The fraction of sp³-hybridized carbons (Fsp3) is 0.500. The lowest BCUT2D eigenvalue weighted by Gasteiger charge is -2.28. The molecule has 1 amide bonds. The first-order chi connectivity index (χ1) is 11.1. The van der Waals surface area contributed by atoms with Gasteiger partial charge in [-0.2, -0.15) is 0 Å². The molecule has 1 fully saturated rings. The predicted octanol–water partition coefficient (Wildman–Crippen LogP) is 2.41. The molecular formula is C14H16ClN5O2S. The smallest absolute Gasteiger partial charge is 0.316 e. The van der Waals surface area contributed by atoms with E-state index in [1.54, 1.807) is 6.92 Å². The number of carbonyl (C=O) groups is 1. The molecular weight excluding hydrogens is 338 g/mol. The topological polar surface area (TPSA) is 89.9 Å². The molecule has 9 heteroatoms. The molecule has 0 bridgehead atoms. The summed E-state index contributed by atoms with van der Waals surface area (Å²) >= 11 is 6.87. The van der Waals surface area contributed by atoms with E-state index >= 15 is 0 Å². The van der Waals surface area contributed by atoms with Crippen LogP contribution in [0.15, 0.2) is 12.4 Å². The van der Waals surface area contributed by atoms with Gasteiger partial charge in [0.15, 0.2) is 0 Å². The lowest BCUT2D eigenvalue weighted by Crippen LogP contribution is -2.39. The molecule has 0 aliphatic heterocycles. The molecule has 0 spiro atoms. The van der Waals surface area contributed by atoms with Crippen LogP contribution in [0.3, 0.4) is 0 Å². The summed E-state index contributed by atoms with van der Waals surface area (Å²) in [6.07, 6.45) is 6.50. The fourth-order valence-corrected chi connectivity index (χ4v) is 3.18. The lowest BCUT2D eigenvalue weighted by atomic mass is 9.93. The van der Waals surface area contributed by atoms with Crippen molar-refractivity contribution >= 4 is 29.0 Å². The number of amides is 1. The Labute approximate surface area is 142 Å². The summed E-state index contributed by atoms with van der Waals surface area (Å²) in [4.78, 5) is 20.8. The molecule has 122 valence electrons. The summed E-state index contributed by atoms with van der Waals surface area (Å²) in [7, 11) is 0. The summed E-state index contributed by atoms with van der Waals surface area (Å²) in [5.41, 5.74) is 0.671. The molecule has 7 nitrogen and oxygen atoms in total. The standard InChI is InChI=1S/C14H16ClN5O2S/c1-8-12(23-20-19-8)13(21)18-10-2-4-11(5-3-10)22-14-16-6-9(15)7-17-14/h6-7,10-11H,2-5H2,1H3,(H,18,21). The zero-order valence-corrected chi connectivity index (χ0v) is 14.1. The van der Waals surface area contributed by atoms with Crippen LogP contribution in [0.25, 0.3) is 0 Å². The molecule has 23 heavy (non-hydrogen) atoms. The summed E-state index contributed by atoms with van der Waals surface area (Å²) in [5, 5.41) is 7.38. The van der Waals surface area contributed by atoms with Crippen LogP contribution >= 0.6 is 23.1 Å². The minimum Gasteiger partial charge on any atom is -0.460 e. The second kappa shape index (κ2) is 7.18. The van der Waals surface area contributed by atoms with Crippen LogP contribution in [0, 0.1) is 6.92 Å². The van der Waals surface area contributed by atoms with Crippen LogP contribution in [0.4, 0.5) is 0 Å². The van der Waals surface area contributed by atoms with Crippen LogP contribution in [0.5, 0.6) is 6.01 Å². The molecule has 0 unspecified atom stereocenters. The predicted molar refractivity (Wildman–Crippen MR) is 85.8 cm³/mol. The van der Waals surface area contributed by atoms with E-state index in [0.29, 0.717) is 21.6 Å². The molecule has 1 saturated carbocycles. The molecule has 1 aliphatic carbocycles. The Bertz CT molecular complexity index is 670. The van der Waals surface area contributed by atoms with E-state index in [1.165, 1.54) is 12.4 Å². The third-order valence-corrected chi connectivity index (χ3v) is 4.76. The van der Waals surface area contributed by atoms with E-state index in [-0.39, 0.29) is 18.1 Å². The largest absolute Gasteiger partial charge is 0.460 e. The second-order valence-corrected chi connectivity index (χ2v) is 6.63. The third kappa shape index (κ3) is 4.14. The Morgan fingerprint density at radius 1 is 1.30 bits per heavy atom. The molecule has 2 aromatic heterocycles. The van der Waals surface area contributed by atoms with Crippen molar-refractivity contribution < 1.29 is 9.53 Å². The van der Waals surface area contributed by atoms with Gasteiger partial charge >= 0.3 is 6.01 Å². The maximum atomic E-state index is 12.2. The van der Waals surface area contributed by atoms with Crippen LogP contribution in [-0.4, -0.2) is 37.6 Å². The van der Waals surface area contributed by atoms with Crippen molar-refractivity contribution in [3.63, 3.8) is 0 Å². The van der Waals surface area contributed by atoms with Gasteiger partial charge in [0, 0.05) is 6.04 Å². The lowest BCUT2D eigenvalue weighted by molar-refractivity contribution is 0.0888. The van der Waals surface area contributed by atoms with E-state index in [1.807, 2.05) is 0 Å². The van der Waals surface area contributed by atoms with E-state index in [4.69, 9.17) is 16.3 Å². The summed E-state index contributed by atoms with van der Waals surface area (Å²) < 4.78 is 9.53. The number of aromatic nitrogens is 4. The van der Waals surface area contributed by atoms with E-state index < -0.39 is 0 Å². The minimum absolute atomic E-state index is 0.0659. The van der Waals surface area contributed by atoms with Crippen molar-refractivity contribution in [2.45, 2.75) is 44.8 Å². The Kier molecular flexibility index (Phi) is 5.02. The highest BCUT2D eigenvalue weighted by Gasteiger charge is 2.25. The van der Waals surface area contributed by atoms with Gasteiger partial charge in [-0.3, -0.25) is 4.79 Å². The van der Waals surface area contributed by atoms with Gasteiger partial charge in [-0.15, -0.1) is 5.10 Å². The highest BCUT2D eigenvalue weighted by Crippen LogP contribution is 2.23. The maximum absolute atomic E-state index is 12.2. The van der Waals surface area contributed by atoms with E-state index in [0.717, 1.165) is 37.2 Å². The highest BCUT2D eigenvalue weighted by atomic mass is 35.5. The van der Waals surface area contributed by atoms with Crippen molar-refractivity contribution in [3.8, 4) is 6.01 Å². The molecule has 0 saturated heterocycles. The number of carbonyl (C=O) groups excluding carboxylic acids is 1. The third-order valence-electron chi connectivity index (χ3n) is 3.74. The Morgan fingerprint density at radius 3 is 2.61 bits per heavy atom. The highest BCUT2D eigenvalue weighted by molar-refractivity contribution is 7.08. The zero-order chi connectivity index (χ0) is 16.2. The monoisotopic (exact) mass is 353 g/mol. The van der Waals surface area contributed by atoms with Crippen molar-refractivity contribution in [1.82, 2.24) is 24.9 Å². The number of hydrogen-bond acceptors (Lipinski definition) is 7. The van der Waals surface area contributed by atoms with Gasteiger partial charge in [-0.25, -0.2) is 9.97 Å². The number of nitrogens with zero attached hydrogens (tertiary/aromatic N) is 4. The van der Waals surface area contributed by atoms with Gasteiger partial charge in [-0.1, -0.05) is 16.1 Å².